The molecule has 0 radical (unpaired) electrons. The second kappa shape index (κ2) is 9.58. The van der Waals surface area contributed by atoms with E-state index in [9.17, 15) is 14.7 Å². The van der Waals surface area contributed by atoms with Crippen LogP contribution in [0.25, 0.3) is 0 Å². The van der Waals surface area contributed by atoms with Crippen LogP contribution in [-0.4, -0.2) is 45.3 Å². The van der Waals surface area contributed by atoms with Gasteiger partial charge in [0.1, 0.15) is 5.25 Å². The van der Waals surface area contributed by atoms with Gasteiger partial charge in [0.15, 0.2) is 0 Å². The zero-order valence-electron chi connectivity index (χ0n) is 15.8. The molecule has 2 rings (SSSR count). The highest BCUT2D eigenvalue weighted by Gasteiger charge is 2.23. The number of benzene rings is 2. The second-order valence-corrected chi connectivity index (χ2v) is 7.75. The van der Waals surface area contributed by atoms with Crippen molar-refractivity contribution in [3.05, 3.63) is 65.2 Å². The maximum absolute atomic E-state index is 13.0. The van der Waals surface area contributed by atoms with Gasteiger partial charge in [0.05, 0.1) is 18.2 Å². The van der Waals surface area contributed by atoms with Gasteiger partial charge in [0, 0.05) is 11.4 Å². The molecule has 6 heteroatoms. The Morgan fingerprint density at radius 3 is 2.33 bits per heavy atom. The molecular weight excluding hydrogens is 362 g/mol. The van der Waals surface area contributed by atoms with Crippen molar-refractivity contribution in [3.8, 4) is 0 Å². The second-order valence-electron chi connectivity index (χ2n) is 6.36. The Balaban J connectivity index is 2.19. The molecule has 0 aliphatic rings. The third-order valence-corrected chi connectivity index (χ3v) is 5.46. The van der Waals surface area contributed by atoms with Gasteiger partial charge in [-0.15, -0.1) is 11.8 Å². The molecule has 0 spiro atoms. The Bertz CT molecular complexity index is 791. The van der Waals surface area contributed by atoms with E-state index in [-0.39, 0.29) is 12.5 Å². The first-order chi connectivity index (χ1) is 12.8. The molecule has 0 aliphatic heterocycles. The number of carboxylic acid groups (broad SMARTS) is 1. The van der Waals surface area contributed by atoms with E-state index >= 15 is 0 Å². The summed E-state index contributed by atoms with van der Waals surface area (Å²) in [5.41, 5.74) is 2.32. The van der Waals surface area contributed by atoms with Gasteiger partial charge in [0.25, 0.3) is 5.91 Å². The molecule has 2 aromatic rings. The Hall–Kier alpha value is -2.31. The quantitative estimate of drug-likeness (QED) is 0.675. The Morgan fingerprint density at radius 2 is 1.74 bits per heavy atom. The number of hydrogen-bond acceptors (Lipinski definition) is 4. The molecule has 0 bridgehead atoms. The number of carbonyl (C=O) groups is 2. The number of hydrogen-bond donors (Lipinski definition) is 2. The van der Waals surface area contributed by atoms with Gasteiger partial charge in [-0.3, -0.25) is 9.59 Å². The number of likely N-dealkylation sites (N-methyl/N-ethyl adjacent to an activating group) is 1. The minimum absolute atomic E-state index is 0.172. The number of aliphatic carboxylic acids is 1. The monoisotopic (exact) mass is 387 g/mol. The van der Waals surface area contributed by atoms with Gasteiger partial charge < -0.3 is 15.1 Å². The van der Waals surface area contributed by atoms with Gasteiger partial charge in [-0.05, 0) is 38.5 Å². The summed E-state index contributed by atoms with van der Waals surface area (Å²) in [6.45, 7) is 6.04. The molecule has 0 aromatic heterocycles. The van der Waals surface area contributed by atoms with Gasteiger partial charge in [0.2, 0.25) is 0 Å². The fourth-order valence-corrected chi connectivity index (χ4v) is 3.54. The van der Waals surface area contributed by atoms with Crippen molar-refractivity contribution in [3.63, 3.8) is 0 Å². The molecule has 0 fully saturated rings. The fourth-order valence-electron chi connectivity index (χ4n) is 2.62. The fraction of sp³-hybridized carbons (Fsp3) is 0.333. The van der Waals surface area contributed by atoms with Crippen LogP contribution in [0.3, 0.4) is 0 Å². The number of aryl methyl sites for hydroxylation is 1. The number of amides is 1. The van der Waals surface area contributed by atoms with Crippen LogP contribution in [0.15, 0.2) is 53.4 Å². The number of nitrogens with zero attached hydrogens (tertiary/aromatic N) is 1. The number of carboxylic acids is 1. The zero-order chi connectivity index (χ0) is 20.0. The molecule has 0 saturated heterocycles. The van der Waals surface area contributed by atoms with Crippen molar-refractivity contribution in [1.29, 1.82) is 0 Å². The standard InChI is InChI=1S/C21H25NO4S/c1-4-22(13-18(23)16-11-9-14(2)10-12-16)20(24)17-7-5-6-8-19(17)27-15(3)21(25)26/h5-12,15,18,23H,4,13H2,1-3H3,(H,25,26). The van der Waals surface area contributed by atoms with Gasteiger partial charge >= 0.3 is 5.97 Å². The van der Waals surface area contributed by atoms with Crippen molar-refractivity contribution in [2.24, 2.45) is 0 Å². The molecule has 2 aromatic carbocycles. The van der Waals surface area contributed by atoms with Crippen LogP contribution in [0.5, 0.6) is 0 Å². The summed E-state index contributed by atoms with van der Waals surface area (Å²) in [4.78, 5) is 26.4. The van der Waals surface area contributed by atoms with Crippen LogP contribution >= 0.6 is 11.8 Å². The van der Waals surface area contributed by atoms with Gasteiger partial charge in [-0.25, -0.2) is 0 Å². The van der Waals surface area contributed by atoms with Gasteiger partial charge in [-0.1, -0.05) is 42.0 Å². The maximum Gasteiger partial charge on any atom is 0.316 e. The first-order valence-corrected chi connectivity index (χ1v) is 9.73. The number of carbonyl (C=O) groups excluding carboxylic acids is 1. The van der Waals surface area contributed by atoms with Crippen LogP contribution in [0.2, 0.25) is 0 Å². The highest BCUT2D eigenvalue weighted by Crippen LogP contribution is 2.28. The zero-order valence-corrected chi connectivity index (χ0v) is 16.6. The van der Waals surface area contributed by atoms with E-state index in [2.05, 4.69) is 0 Å². The lowest BCUT2D eigenvalue weighted by Crippen LogP contribution is -2.35. The molecule has 0 aliphatic carbocycles. The molecule has 0 saturated carbocycles. The van der Waals surface area contributed by atoms with Crippen LogP contribution < -0.4 is 0 Å². The largest absolute Gasteiger partial charge is 0.480 e. The van der Waals surface area contributed by atoms with Crippen LogP contribution in [0, 0.1) is 6.92 Å². The van der Waals surface area contributed by atoms with E-state index in [1.807, 2.05) is 38.1 Å². The number of aliphatic hydroxyl groups excluding tert-OH is 1. The van der Waals surface area contributed by atoms with Crippen molar-refractivity contribution in [2.75, 3.05) is 13.1 Å². The molecule has 2 atom stereocenters. The van der Waals surface area contributed by atoms with Crippen LogP contribution in [0.4, 0.5) is 0 Å². The molecule has 0 heterocycles. The van der Waals surface area contributed by atoms with E-state index in [4.69, 9.17) is 5.11 Å². The summed E-state index contributed by atoms with van der Waals surface area (Å²) in [6, 6.07) is 14.6. The Labute approximate surface area is 164 Å². The molecule has 27 heavy (non-hydrogen) atoms. The van der Waals surface area contributed by atoms with E-state index < -0.39 is 17.3 Å². The summed E-state index contributed by atoms with van der Waals surface area (Å²) >= 11 is 1.14. The number of thioether (sulfide) groups is 1. The predicted molar refractivity (Wildman–Crippen MR) is 107 cm³/mol. The smallest absolute Gasteiger partial charge is 0.316 e. The molecule has 2 unspecified atom stereocenters. The molecule has 1 amide bonds. The Kier molecular flexibility index (Phi) is 7.45. The minimum atomic E-state index is -0.926. The normalized spacial score (nSPS) is 13.0. The first-order valence-electron chi connectivity index (χ1n) is 8.85. The average molecular weight is 388 g/mol. The topological polar surface area (TPSA) is 77.8 Å². The lowest BCUT2D eigenvalue weighted by molar-refractivity contribution is -0.136. The highest BCUT2D eigenvalue weighted by molar-refractivity contribution is 8.00. The average Bonchev–Trinajstić information content (AvgIpc) is 2.66. The van der Waals surface area contributed by atoms with Crippen molar-refractivity contribution in [2.45, 2.75) is 37.0 Å². The Morgan fingerprint density at radius 1 is 1.11 bits per heavy atom. The van der Waals surface area contributed by atoms with Crippen molar-refractivity contribution in [1.82, 2.24) is 4.90 Å². The molecule has 144 valence electrons. The van der Waals surface area contributed by atoms with E-state index in [1.165, 1.54) is 0 Å². The van der Waals surface area contributed by atoms with Crippen LogP contribution in [-0.2, 0) is 4.79 Å². The van der Waals surface area contributed by atoms with Crippen molar-refractivity contribution < 1.29 is 19.8 Å². The van der Waals surface area contributed by atoms with Crippen LogP contribution in [0.1, 0.15) is 41.4 Å². The number of rotatable bonds is 8. The molecular formula is C21H25NO4S. The summed E-state index contributed by atoms with van der Waals surface area (Å²) in [5.74, 6) is -1.14. The number of aliphatic hydroxyl groups is 1. The van der Waals surface area contributed by atoms with E-state index in [0.29, 0.717) is 17.0 Å². The third-order valence-electron chi connectivity index (χ3n) is 4.29. The van der Waals surface area contributed by atoms with Crippen molar-refractivity contribution >= 4 is 23.6 Å². The van der Waals surface area contributed by atoms with Gasteiger partial charge in [-0.2, -0.15) is 0 Å². The van der Waals surface area contributed by atoms with E-state index in [1.54, 1.807) is 36.1 Å². The summed E-state index contributed by atoms with van der Waals surface area (Å²) in [7, 11) is 0. The SMILES string of the molecule is CCN(CC(O)c1ccc(C)cc1)C(=O)c1ccccc1SC(C)C(=O)O. The minimum Gasteiger partial charge on any atom is -0.480 e. The predicted octanol–water partition coefficient (Wildman–Crippen LogP) is 3.76. The summed E-state index contributed by atoms with van der Waals surface area (Å²) in [6.07, 6.45) is -0.785. The summed E-state index contributed by atoms with van der Waals surface area (Å²) in [5, 5.41) is 19.0. The maximum atomic E-state index is 13.0. The first kappa shape index (κ1) is 21.0. The lowest BCUT2D eigenvalue weighted by Gasteiger charge is -2.25. The highest BCUT2D eigenvalue weighted by atomic mass is 32.2. The molecule has 5 nitrogen and oxygen atoms in total. The summed E-state index contributed by atoms with van der Waals surface area (Å²) < 4.78 is 0. The van der Waals surface area contributed by atoms with E-state index in [0.717, 1.165) is 22.9 Å². The molecule has 2 N–H and O–H groups in total. The third kappa shape index (κ3) is 5.58. The lowest BCUT2D eigenvalue weighted by atomic mass is 10.1.